The topological polar surface area (TPSA) is 89.3 Å². The van der Waals surface area contributed by atoms with Crippen LogP contribution in [0.15, 0.2) is 24.3 Å². The van der Waals surface area contributed by atoms with E-state index in [4.69, 9.17) is 0 Å². The average molecular weight is 236 g/mol. The first-order valence-corrected chi connectivity index (χ1v) is 5.08. The van der Waals surface area contributed by atoms with Crippen LogP contribution in [0.25, 0.3) is 0 Å². The van der Waals surface area contributed by atoms with Crippen molar-refractivity contribution in [2.75, 3.05) is 11.9 Å². The van der Waals surface area contributed by atoms with Crippen LogP contribution in [0.4, 0.5) is 5.69 Å². The molecule has 1 aromatic rings. The van der Waals surface area contributed by atoms with E-state index in [0.29, 0.717) is 17.7 Å². The number of nitro groups is 1. The van der Waals surface area contributed by atoms with Gasteiger partial charge in [0.05, 0.1) is 0 Å². The monoisotopic (exact) mass is 236 g/mol. The fourth-order valence-corrected chi connectivity index (χ4v) is 1.26. The van der Waals surface area contributed by atoms with Gasteiger partial charge in [-0.2, -0.15) is 0 Å². The first-order valence-electron chi connectivity index (χ1n) is 5.08. The van der Waals surface area contributed by atoms with Crippen LogP contribution >= 0.6 is 0 Å². The molecule has 1 aromatic carbocycles. The van der Waals surface area contributed by atoms with E-state index in [2.05, 4.69) is 5.32 Å². The molecule has 90 valence electrons. The van der Waals surface area contributed by atoms with Gasteiger partial charge >= 0.3 is 0 Å². The van der Waals surface area contributed by atoms with Gasteiger partial charge < -0.3 is 5.32 Å². The third kappa shape index (κ3) is 4.02. The van der Waals surface area contributed by atoms with E-state index >= 15 is 0 Å². The Morgan fingerprint density at radius 3 is 2.35 bits per heavy atom. The molecular formula is C11H12N2O4. The van der Waals surface area contributed by atoms with Crippen molar-refractivity contribution in [1.82, 2.24) is 0 Å². The van der Waals surface area contributed by atoms with Gasteiger partial charge in [-0.1, -0.05) is 6.92 Å². The number of hydrogen-bond donors (Lipinski definition) is 1. The predicted molar refractivity (Wildman–Crippen MR) is 61.6 cm³/mol. The molecule has 6 nitrogen and oxygen atoms in total. The van der Waals surface area contributed by atoms with Crippen molar-refractivity contribution in [2.45, 2.75) is 13.3 Å². The molecule has 17 heavy (non-hydrogen) atoms. The Morgan fingerprint density at radius 1 is 1.29 bits per heavy atom. The number of benzene rings is 1. The molecule has 1 N–H and O–H groups in total. The fraction of sp³-hybridized carbons (Fsp3) is 0.273. The van der Waals surface area contributed by atoms with E-state index < -0.39 is 17.4 Å². The third-order valence-electron chi connectivity index (χ3n) is 2.08. The molecule has 0 aromatic heterocycles. The van der Waals surface area contributed by atoms with E-state index in [-0.39, 0.29) is 5.78 Å². The first-order chi connectivity index (χ1) is 8.02. The Bertz CT molecular complexity index is 439. The standard InChI is InChI=1S/C11H12N2O4/c1-2-10(14)8-3-5-9(6-4-8)12-11(15)7-13(16)17/h3-6H,2,7H2,1H3,(H,12,15). The molecule has 0 aliphatic heterocycles. The minimum absolute atomic E-state index is 0.00756. The van der Waals surface area contributed by atoms with Gasteiger partial charge in [-0.25, -0.2) is 0 Å². The van der Waals surface area contributed by atoms with E-state index in [0.717, 1.165) is 0 Å². The summed E-state index contributed by atoms with van der Waals surface area (Å²) in [6, 6.07) is 6.24. The minimum atomic E-state index is -0.768. The number of hydrogen-bond acceptors (Lipinski definition) is 4. The smallest absolute Gasteiger partial charge is 0.296 e. The molecule has 0 saturated heterocycles. The molecular weight excluding hydrogens is 224 g/mol. The second-order valence-electron chi connectivity index (χ2n) is 3.39. The van der Waals surface area contributed by atoms with Gasteiger partial charge in [-0.15, -0.1) is 0 Å². The van der Waals surface area contributed by atoms with Crippen LogP contribution in [-0.4, -0.2) is 23.2 Å². The summed E-state index contributed by atoms with van der Waals surface area (Å²) < 4.78 is 0. The molecule has 0 saturated carbocycles. The second kappa shape index (κ2) is 5.74. The summed E-state index contributed by atoms with van der Waals surface area (Å²) >= 11 is 0. The summed E-state index contributed by atoms with van der Waals surface area (Å²) in [7, 11) is 0. The zero-order chi connectivity index (χ0) is 12.8. The van der Waals surface area contributed by atoms with Crippen LogP contribution in [0.3, 0.4) is 0 Å². The molecule has 1 rings (SSSR count). The highest BCUT2D eigenvalue weighted by Crippen LogP contribution is 2.10. The molecule has 0 unspecified atom stereocenters. The molecule has 0 bridgehead atoms. The Labute approximate surface area is 97.8 Å². The lowest BCUT2D eigenvalue weighted by Crippen LogP contribution is -2.21. The Balaban J connectivity index is 2.65. The first kappa shape index (κ1) is 12.8. The summed E-state index contributed by atoms with van der Waals surface area (Å²) in [5.74, 6) is -0.683. The van der Waals surface area contributed by atoms with Crippen molar-refractivity contribution < 1.29 is 14.5 Å². The van der Waals surface area contributed by atoms with Crippen LogP contribution in [0.2, 0.25) is 0 Å². The van der Waals surface area contributed by atoms with Gasteiger partial charge in [-0.05, 0) is 24.3 Å². The maximum absolute atomic E-state index is 11.3. The zero-order valence-electron chi connectivity index (χ0n) is 9.30. The molecule has 0 spiro atoms. The maximum Gasteiger partial charge on any atom is 0.296 e. The molecule has 0 atom stereocenters. The highest BCUT2D eigenvalue weighted by atomic mass is 16.6. The van der Waals surface area contributed by atoms with Crippen LogP contribution in [-0.2, 0) is 4.79 Å². The number of ketones is 1. The Morgan fingerprint density at radius 2 is 1.88 bits per heavy atom. The zero-order valence-corrected chi connectivity index (χ0v) is 9.30. The van der Waals surface area contributed by atoms with E-state index in [9.17, 15) is 19.7 Å². The second-order valence-corrected chi connectivity index (χ2v) is 3.39. The van der Waals surface area contributed by atoms with E-state index in [1.165, 1.54) is 0 Å². The summed E-state index contributed by atoms with van der Waals surface area (Å²) in [6.45, 7) is 0.991. The largest absolute Gasteiger partial charge is 0.320 e. The molecule has 0 aliphatic carbocycles. The highest BCUT2D eigenvalue weighted by molar-refractivity contribution is 5.97. The number of nitrogens with one attached hydrogen (secondary N) is 1. The number of carbonyl (C=O) groups is 2. The third-order valence-corrected chi connectivity index (χ3v) is 2.08. The maximum atomic E-state index is 11.3. The highest BCUT2D eigenvalue weighted by Gasteiger charge is 2.09. The molecule has 1 amide bonds. The number of anilines is 1. The molecule has 0 heterocycles. The minimum Gasteiger partial charge on any atom is -0.320 e. The fourth-order valence-electron chi connectivity index (χ4n) is 1.26. The van der Waals surface area contributed by atoms with Gasteiger partial charge in [0.2, 0.25) is 0 Å². The van der Waals surface area contributed by atoms with Crippen LogP contribution in [0.5, 0.6) is 0 Å². The van der Waals surface area contributed by atoms with Gasteiger partial charge in [0.15, 0.2) is 5.78 Å². The quantitative estimate of drug-likeness (QED) is 0.476. The van der Waals surface area contributed by atoms with Crippen LogP contribution in [0, 0.1) is 10.1 Å². The SMILES string of the molecule is CCC(=O)c1ccc(NC(=O)C[N+](=O)[O-])cc1. The lowest BCUT2D eigenvalue weighted by atomic mass is 10.1. The molecule has 0 radical (unpaired) electrons. The van der Waals surface area contributed by atoms with Gasteiger partial charge in [0.1, 0.15) is 0 Å². The number of carbonyl (C=O) groups excluding carboxylic acids is 2. The number of nitrogens with zero attached hydrogens (tertiary/aromatic N) is 1. The lowest BCUT2D eigenvalue weighted by molar-refractivity contribution is -0.467. The number of rotatable bonds is 5. The summed E-state index contributed by atoms with van der Waals surface area (Å²) in [5, 5.41) is 12.4. The lowest BCUT2D eigenvalue weighted by Gasteiger charge is -2.03. The summed E-state index contributed by atoms with van der Waals surface area (Å²) in [4.78, 5) is 31.8. The van der Waals surface area contributed by atoms with Crippen molar-refractivity contribution in [3.05, 3.63) is 39.9 Å². The van der Waals surface area contributed by atoms with Gasteiger partial charge in [0.25, 0.3) is 12.5 Å². The van der Waals surface area contributed by atoms with Gasteiger partial charge in [-0.3, -0.25) is 19.7 Å². The average Bonchev–Trinajstić information content (AvgIpc) is 2.28. The summed E-state index contributed by atoms with van der Waals surface area (Å²) in [5.41, 5.74) is 0.990. The van der Waals surface area contributed by atoms with Crippen molar-refractivity contribution in [3.8, 4) is 0 Å². The summed E-state index contributed by atoms with van der Waals surface area (Å²) in [6.07, 6.45) is 0.410. The van der Waals surface area contributed by atoms with Gasteiger partial charge in [0, 0.05) is 22.6 Å². The van der Waals surface area contributed by atoms with Crippen molar-refractivity contribution in [3.63, 3.8) is 0 Å². The Hall–Kier alpha value is -2.24. The number of Topliss-reactive ketones (excluding diaryl/α,β-unsaturated/α-hetero) is 1. The van der Waals surface area contributed by atoms with Crippen LogP contribution < -0.4 is 5.32 Å². The number of amides is 1. The van der Waals surface area contributed by atoms with Crippen LogP contribution in [0.1, 0.15) is 23.7 Å². The van der Waals surface area contributed by atoms with Crippen molar-refractivity contribution in [2.24, 2.45) is 0 Å². The predicted octanol–water partition coefficient (Wildman–Crippen LogP) is 1.49. The molecule has 6 heteroatoms. The van der Waals surface area contributed by atoms with Crippen molar-refractivity contribution >= 4 is 17.4 Å². The molecule has 0 fully saturated rings. The van der Waals surface area contributed by atoms with E-state index in [1.807, 2.05) is 0 Å². The Kier molecular flexibility index (Phi) is 4.33. The molecule has 0 aliphatic rings. The normalized spacial score (nSPS) is 9.71. The van der Waals surface area contributed by atoms with E-state index in [1.54, 1.807) is 31.2 Å². The van der Waals surface area contributed by atoms with Crippen molar-refractivity contribution in [1.29, 1.82) is 0 Å².